The summed E-state index contributed by atoms with van der Waals surface area (Å²) in [5, 5.41) is 7.15. The summed E-state index contributed by atoms with van der Waals surface area (Å²) in [5.41, 5.74) is 0. The monoisotopic (exact) mass is 493 g/mol. The zero-order chi connectivity index (χ0) is 17.9. The Morgan fingerprint density at radius 2 is 2.12 bits per heavy atom. The van der Waals surface area contributed by atoms with Gasteiger partial charge in [-0.1, -0.05) is 25.1 Å². The quantitative estimate of drug-likeness (QED) is 0.239. The molecule has 1 aromatic carbocycles. The molecule has 5 nitrogen and oxygen atoms in total. The Labute approximate surface area is 179 Å². The van der Waals surface area contributed by atoms with Crippen LogP contribution in [0.4, 0.5) is 0 Å². The van der Waals surface area contributed by atoms with E-state index < -0.39 is 0 Å². The van der Waals surface area contributed by atoms with Crippen LogP contribution >= 0.6 is 35.7 Å². The summed E-state index contributed by atoms with van der Waals surface area (Å²) < 4.78 is 11.2. The van der Waals surface area contributed by atoms with Crippen LogP contribution in [0.2, 0.25) is 0 Å². The van der Waals surface area contributed by atoms with Gasteiger partial charge < -0.3 is 20.1 Å². The van der Waals surface area contributed by atoms with E-state index in [2.05, 4.69) is 55.7 Å². The Bertz CT molecular complexity index is 513. The number of rotatable bonds is 9. The first-order valence-electron chi connectivity index (χ1n) is 9.13. The average molecular weight is 493 g/mol. The molecule has 1 aromatic rings. The number of guanidine groups is 1. The fourth-order valence-electron chi connectivity index (χ4n) is 2.51. The zero-order valence-corrected chi connectivity index (χ0v) is 19.1. The Morgan fingerprint density at radius 1 is 1.35 bits per heavy atom. The van der Waals surface area contributed by atoms with Gasteiger partial charge in [0.15, 0.2) is 5.96 Å². The van der Waals surface area contributed by atoms with Crippen LogP contribution in [0.3, 0.4) is 0 Å². The average Bonchev–Trinajstić information content (AvgIpc) is 3.12. The van der Waals surface area contributed by atoms with Gasteiger partial charge in [-0.25, -0.2) is 0 Å². The molecule has 0 amide bonds. The molecule has 2 N–H and O–H groups in total. The van der Waals surface area contributed by atoms with Gasteiger partial charge in [-0.05, 0) is 32.4 Å². The predicted octanol–water partition coefficient (Wildman–Crippen LogP) is 3.53. The van der Waals surface area contributed by atoms with E-state index in [0.29, 0.717) is 11.9 Å². The second kappa shape index (κ2) is 13.6. The molecular weight excluding hydrogens is 461 g/mol. The molecule has 3 unspecified atom stereocenters. The summed E-state index contributed by atoms with van der Waals surface area (Å²) in [6, 6.07) is 10.7. The Morgan fingerprint density at radius 3 is 2.77 bits per heavy atom. The summed E-state index contributed by atoms with van der Waals surface area (Å²) >= 11 is 1.85. The summed E-state index contributed by atoms with van der Waals surface area (Å²) in [6.45, 7) is 10.2. The number of ether oxygens (including phenoxy) is 2. The van der Waals surface area contributed by atoms with Crippen LogP contribution in [-0.4, -0.2) is 56.3 Å². The molecule has 7 heteroatoms. The highest BCUT2D eigenvalue weighted by Crippen LogP contribution is 2.22. The van der Waals surface area contributed by atoms with Crippen molar-refractivity contribution >= 4 is 41.7 Å². The number of hydrogen-bond donors (Lipinski definition) is 2. The van der Waals surface area contributed by atoms with Gasteiger partial charge in [0.1, 0.15) is 0 Å². The molecule has 1 fully saturated rings. The fraction of sp³-hybridized carbons (Fsp3) is 0.632. The smallest absolute Gasteiger partial charge is 0.191 e. The van der Waals surface area contributed by atoms with Crippen LogP contribution in [0.1, 0.15) is 27.2 Å². The van der Waals surface area contributed by atoms with E-state index in [1.54, 1.807) is 0 Å². The summed E-state index contributed by atoms with van der Waals surface area (Å²) in [4.78, 5) is 6.00. The molecule has 0 saturated carbocycles. The molecule has 0 spiro atoms. The maximum atomic E-state index is 5.87. The first-order chi connectivity index (χ1) is 12.2. The zero-order valence-electron chi connectivity index (χ0n) is 15.9. The summed E-state index contributed by atoms with van der Waals surface area (Å²) in [5.74, 6) is 0.849. The lowest BCUT2D eigenvalue weighted by molar-refractivity contribution is 0.0347. The third-order valence-corrected chi connectivity index (χ3v) is 4.88. The Hall–Kier alpha value is -0.510. The highest BCUT2D eigenvalue weighted by molar-refractivity contribution is 14.0. The lowest BCUT2D eigenvalue weighted by atomic mass is 10.3. The minimum atomic E-state index is 0. The molecule has 1 aliphatic rings. The van der Waals surface area contributed by atoms with Crippen molar-refractivity contribution in [3.63, 3.8) is 0 Å². The van der Waals surface area contributed by atoms with E-state index in [1.807, 2.05) is 17.8 Å². The predicted molar refractivity (Wildman–Crippen MR) is 121 cm³/mol. The normalized spacial score (nSPS) is 19.5. The molecule has 1 saturated heterocycles. The maximum Gasteiger partial charge on any atom is 0.191 e. The van der Waals surface area contributed by atoms with Crippen molar-refractivity contribution in [1.29, 1.82) is 0 Å². The van der Waals surface area contributed by atoms with Gasteiger partial charge in [0.25, 0.3) is 0 Å². The van der Waals surface area contributed by atoms with Crippen LogP contribution in [-0.2, 0) is 9.47 Å². The van der Waals surface area contributed by atoms with E-state index in [0.717, 1.165) is 38.7 Å². The number of thioether (sulfide) groups is 1. The minimum Gasteiger partial charge on any atom is -0.379 e. The van der Waals surface area contributed by atoms with Gasteiger partial charge in [-0.2, -0.15) is 0 Å². The number of hydrogen-bond acceptors (Lipinski definition) is 4. The number of halogens is 1. The lowest BCUT2D eigenvalue weighted by Gasteiger charge is -2.20. The van der Waals surface area contributed by atoms with Crippen LogP contribution in [0.15, 0.2) is 40.2 Å². The third kappa shape index (κ3) is 9.43. The van der Waals surface area contributed by atoms with Gasteiger partial charge in [0.05, 0.1) is 25.9 Å². The van der Waals surface area contributed by atoms with Crippen LogP contribution in [0, 0.1) is 0 Å². The molecule has 0 aromatic heterocycles. The van der Waals surface area contributed by atoms with Crippen LogP contribution < -0.4 is 10.6 Å². The molecule has 3 atom stereocenters. The molecule has 2 rings (SSSR count). The molecular formula is C19H32IN3O2S. The van der Waals surface area contributed by atoms with Gasteiger partial charge in [0, 0.05) is 29.3 Å². The Balaban J connectivity index is 0.00000338. The van der Waals surface area contributed by atoms with Crippen molar-refractivity contribution in [2.24, 2.45) is 4.99 Å². The highest BCUT2D eigenvalue weighted by atomic mass is 127. The first-order valence-corrected chi connectivity index (χ1v) is 10.0. The molecule has 148 valence electrons. The lowest BCUT2D eigenvalue weighted by Crippen LogP contribution is -2.44. The van der Waals surface area contributed by atoms with E-state index in [9.17, 15) is 0 Å². The second-order valence-corrected chi connectivity index (χ2v) is 7.84. The third-order valence-electron chi connectivity index (χ3n) is 3.78. The van der Waals surface area contributed by atoms with Crippen LogP contribution in [0.5, 0.6) is 0 Å². The highest BCUT2D eigenvalue weighted by Gasteiger charge is 2.17. The van der Waals surface area contributed by atoms with E-state index in [-0.39, 0.29) is 36.1 Å². The van der Waals surface area contributed by atoms with Gasteiger partial charge in [-0.15, -0.1) is 35.7 Å². The number of aliphatic imine (C=N–C) groups is 1. The van der Waals surface area contributed by atoms with Crippen molar-refractivity contribution in [3.8, 4) is 0 Å². The largest absolute Gasteiger partial charge is 0.379 e. The van der Waals surface area contributed by atoms with Crippen molar-refractivity contribution < 1.29 is 9.47 Å². The number of benzene rings is 1. The minimum absolute atomic E-state index is 0. The number of nitrogens with one attached hydrogen (secondary N) is 2. The Kier molecular flexibility index (Phi) is 12.3. The van der Waals surface area contributed by atoms with E-state index in [1.165, 1.54) is 4.90 Å². The van der Waals surface area contributed by atoms with Crippen LogP contribution in [0.25, 0.3) is 0 Å². The van der Waals surface area contributed by atoms with Crippen molar-refractivity contribution in [1.82, 2.24) is 10.6 Å². The first kappa shape index (κ1) is 23.5. The van der Waals surface area contributed by atoms with Crippen molar-refractivity contribution in [2.45, 2.75) is 49.5 Å². The standard InChI is InChI=1S/C19H31N3O2S.HI/c1-4-20-19(22-15(2)13-24-17-10-11-23-14-17)21-12-16(3)25-18-8-6-5-7-9-18;/h5-9,15-17H,4,10-14H2,1-3H3,(H2,20,21,22);1H. The molecule has 0 radical (unpaired) electrons. The molecule has 1 aliphatic heterocycles. The van der Waals surface area contributed by atoms with Gasteiger partial charge >= 0.3 is 0 Å². The van der Waals surface area contributed by atoms with E-state index in [4.69, 9.17) is 14.5 Å². The fourth-order valence-corrected chi connectivity index (χ4v) is 3.44. The maximum absolute atomic E-state index is 5.87. The van der Waals surface area contributed by atoms with Crippen molar-refractivity contribution in [3.05, 3.63) is 30.3 Å². The van der Waals surface area contributed by atoms with Crippen molar-refractivity contribution in [2.75, 3.05) is 32.9 Å². The topological polar surface area (TPSA) is 54.9 Å². The molecule has 26 heavy (non-hydrogen) atoms. The molecule has 1 heterocycles. The van der Waals surface area contributed by atoms with Gasteiger partial charge in [0.2, 0.25) is 0 Å². The SMILES string of the molecule is CCNC(=NCC(C)Sc1ccccc1)NC(C)COC1CCOC1.I. The summed E-state index contributed by atoms with van der Waals surface area (Å²) in [6.07, 6.45) is 1.24. The number of nitrogens with zero attached hydrogens (tertiary/aromatic N) is 1. The summed E-state index contributed by atoms with van der Waals surface area (Å²) in [7, 11) is 0. The van der Waals surface area contributed by atoms with Gasteiger partial charge in [-0.3, -0.25) is 4.99 Å². The molecule has 0 bridgehead atoms. The van der Waals surface area contributed by atoms with E-state index >= 15 is 0 Å². The molecule has 0 aliphatic carbocycles. The second-order valence-electron chi connectivity index (χ2n) is 6.33.